The Bertz CT molecular complexity index is 1270. The molecule has 0 saturated heterocycles. The number of likely N-dealkylation sites (N-methyl/N-ethyl adjacent to an activating group) is 1. The number of esters is 1. The lowest BCUT2D eigenvalue weighted by molar-refractivity contribution is -0.770. The summed E-state index contributed by atoms with van der Waals surface area (Å²) in [6, 6.07) is 6.36. The van der Waals surface area contributed by atoms with E-state index in [1.165, 1.54) is 25.3 Å². The van der Waals surface area contributed by atoms with Gasteiger partial charge in [-0.2, -0.15) is 8.42 Å². The Morgan fingerprint density at radius 2 is 2.13 bits per heavy atom. The highest BCUT2D eigenvalue weighted by molar-refractivity contribution is 7.86. The molecule has 0 spiro atoms. The van der Waals surface area contributed by atoms with E-state index in [1.807, 2.05) is 17.6 Å². The van der Waals surface area contributed by atoms with Gasteiger partial charge in [0.2, 0.25) is 0 Å². The van der Waals surface area contributed by atoms with E-state index in [4.69, 9.17) is 6.11 Å². The maximum absolute atomic E-state index is 13.4. The van der Waals surface area contributed by atoms with Crippen molar-refractivity contribution in [2.45, 2.75) is 25.3 Å². The molecular formula is C22H27N4O4S+. The summed E-state index contributed by atoms with van der Waals surface area (Å²) in [4.78, 5) is 20.5. The SMILES string of the molecule is [2H]c1cc(Cn2c(C)nc3cnccc32)ccc1S(=O)(=O)[N+](C)(CC=C)CC(=O)OCC. The first-order valence-electron chi connectivity index (χ1n) is 10.4. The fraction of sp³-hybridized carbons (Fsp3) is 0.318. The number of fused-ring (bicyclic) bond motifs is 1. The number of carbonyl (C=O) groups is 1. The largest absolute Gasteiger partial charge is 0.462 e. The zero-order valence-electron chi connectivity index (χ0n) is 18.9. The lowest BCUT2D eigenvalue weighted by Crippen LogP contribution is -2.52. The van der Waals surface area contributed by atoms with E-state index in [0.717, 1.165) is 22.4 Å². The Hall–Kier alpha value is -3.04. The molecule has 164 valence electrons. The van der Waals surface area contributed by atoms with Gasteiger partial charge in [-0.25, -0.2) is 13.7 Å². The number of aromatic nitrogens is 3. The first-order valence-corrected chi connectivity index (χ1v) is 11.3. The third-order valence-corrected chi connectivity index (χ3v) is 7.32. The quantitative estimate of drug-likeness (QED) is 0.286. The van der Waals surface area contributed by atoms with Crippen LogP contribution in [-0.4, -0.2) is 59.6 Å². The van der Waals surface area contributed by atoms with Crippen LogP contribution in [0.4, 0.5) is 0 Å². The minimum Gasteiger partial charge on any atom is -0.462 e. The van der Waals surface area contributed by atoms with Gasteiger partial charge in [0.1, 0.15) is 22.8 Å². The van der Waals surface area contributed by atoms with E-state index in [-0.39, 0.29) is 30.6 Å². The van der Waals surface area contributed by atoms with E-state index < -0.39 is 19.9 Å². The topological polar surface area (TPSA) is 91.1 Å². The van der Waals surface area contributed by atoms with Crippen molar-refractivity contribution in [2.75, 3.05) is 26.7 Å². The Labute approximate surface area is 183 Å². The first-order chi connectivity index (χ1) is 15.1. The van der Waals surface area contributed by atoms with Crippen LogP contribution in [0.3, 0.4) is 0 Å². The van der Waals surface area contributed by atoms with Gasteiger partial charge in [-0.15, -0.1) is 0 Å². The molecule has 3 aromatic rings. The summed E-state index contributed by atoms with van der Waals surface area (Å²) >= 11 is 0. The van der Waals surface area contributed by atoms with Crippen molar-refractivity contribution in [3.63, 3.8) is 0 Å². The predicted molar refractivity (Wildman–Crippen MR) is 118 cm³/mol. The smallest absolute Gasteiger partial charge is 0.362 e. The molecule has 1 aromatic carbocycles. The molecule has 0 saturated carbocycles. The molecule has 1 atom stereocenters. The number of hydrogen-bond donors (Lipinski definition) is 0. The number of pyridine rings is 1. The molecule has 0 radical (unpaired) electrons. The van der Waals surface area contributed by atoms with E-state index in [1.54, 1.807) is 25.4 Å². The summed E-state index contributed by atoms with van der Waals surface area (Å²) in [5, 5.41) is 0. The number of imidazole rings is 1. The fourth-order valence-corrected chi connectivity index (χ4v) is 4.92. The summed E-state index contributed by atoms with van der Waals surface area (Å²) in [7, 11) is -2.65. The molecule has 1 unspecified atom stereocenters. The van der Waals surface area contributed by atoms with Crippen molar-refractivity contribution < 1.29 is 23.2 Å². The minimum atomic E-state index is -4.08. The number of hydrogen-bond acceptors (Lipinski definition) is 6. The van der Waals surface area contributed by atoms with Crippen LogP contribution in [0, 0.1) is 6.92 Å². The standard InChI is InChI=1S/C22H27N4O4S/c1-5-13-26(4,16-22(27)30-6-2)31(28,29)19-9-7-18(8-10-19)15-25-17(3)24-20-14-23-12-11-21(20)25/h5,7-12,14H,1,6,13,15-16H2,2-4H3/q+1/i9D. The van der Waals surface area contributed by atoms with Crippen molar-refractivity contribution in [1.82, 2.24) is 14.5 Å². The lowest BCUT2D eigenvalue weighted by Gasteiger charge is -2.30. The van der Waals surface area contributed by atoms with E-state index in [9.17, 15) is 13.2 Å². The number of sulfonamides is 1. The molecule has 2 heterocycles. The molecule has 31 heavy (non-hydrogen) atoms. The second kappa shape index (κ2) is 8.99. The van der Waals surface area contributed by atoms with Gasteiger partial charge >= 0.3 is 16.0 Å². The Morgan fingerprint density at radius 3 is 2.81 bits per heavy atom. The summed E-state index contributed by atoms with van der Waals surface area (Å²) < 4.78 is 41.6. The summed E-state index contributed by atoms with van der Waals surface area (Å²) in [5.74, 6) is 0.168. The average molecular weight is 445 g/mol. The third-order valence-electron chi connectivity index (χ3n) is 5.07. The van der Waals surface area contributed by atoms with Gasteiger partial charge in [-0.05, 0) is 43.7 Å². The number of ether oxygens (including phenoxy) is 1. The second-order valence-corrected chi connectivity index (χ2v) is 9.65. The third kappa shape index (κ3) is 4.52. The van der Waals surface area contributed by atoms with Crippen molar-refractivity contribution in [1.29, 1.82) is 0 Å². The van der Waals surface area contributed by atoms with Gasteiger partial charge < -0.3 is 9.30 Å². The average Bonchev–Trinajstić information content (AvgIpc) is 3.03. The number of nitrogens with zero attached hydrogens (tertiary/aromatic N) is 4. The Morgan fingerprint density at radius 1 is 1.35 bits per heavy atom. The fourth-order valence-electron chi connectivity index (χ4n) is 3.42. The van der Waals surface area contributed by atoms with Crippen LogP contribution in [0.15, 0.2) is 60.3 Å². The molecule has 0 amide bonds. The van der Waals surface area contributed by atoms with Gasteiger partial charge in [0.05, 0.1) is 26.7 Å². The van der Waals surface area contributed by atoms with Crippen molar-refractivity contribution in [3.05, 3.63) is 66.7 Å². The number of carbonyl (C=O) groups excluding carboxylic acids is 1. The minimum absolute atomic E-state index is 0.00338. The normalized spacial score (nSPS) is 14.1. The number of rotatable bonds is 9. The van der Waals surface area contributed by atoms with Crippen LogP contribution >= 0.6 is 0 Å². The molecule has 0 fully saturated rings. The predicted octanol–water partition coefficient (Wildman–Crippen LogP) is 2.67. The molecule has 0 aliphatic heterocycles. The molecule has 0 bridgehead atoms. The van der Waals surface area contributed by atoms with Crippen molar-refractivity contribution in [2.24, 2.45) is 0 Å². The highest BCUT2D eigenvalue weighted by Crippen LogP contribution is 2.24. The van der Waals surface area contributed by atoms with E-state index in [0.29, 0.717) is 6.54 Å². The summed E-state index contributed by atoms with van der Waals surface area (Å²) in [6.07, 6.45) is 4.82. The van der Waals surface area contributed by atoms with Gasteiger partial charge in [0.15, 0.2) is 6.54 Å². The Kier molecular flexibility index (Phi) is 6.15. The number of benzene rings is 1. The lowest BCUT2D eigenvalue weighted by atomic mass is 10.2. The zero-order chi connectivity index (χ0) is 23.5. The van der Waals surface area contributed by atoms with Crippen LogP contribution in [0.1, 0.15) is 19.7 Å². The number of aryl methyl sites for hydroxylation is 1. The van der Waals surface area contributed by atoms with E-state index in [2.05, 4.69) is 16.5 Å². The molecule has 0 N–H and O–H groups in total. The van der Waals surface area contributed by atoms with Crippen LogP contribution in [0.5, 0.6) is 0 Å². The van der Waals surface area contributed by atoms with Crippen LogP contribution in [0.2, 0.25) is 0 Å². The summed E-state index contributed by atoms with van der Waals surface area (Å²) in [6.45, 7) is 7.37. The zero-order valence-corrected chi connectivity index (χ0v) is 18.7. The van der Waals surface area contributed by atoms with Gasteiger partial charge in [0, 0.05) is 12.7 Å². The van der Waals surface area contributed by atoms with Crippen LogP contribution < -0.4 is 0 Å². The molecule has 0 aliphatic rings. The molecule has 8 nitrogen and oxygen atoms in total. The van der Waals surface area contributed by atoms with E-state index >= 15 is 0 Å². The highest BCUT2D eigenvalue weighted by atomic mass is 32.2. The first kappa shape index (κ1) is 21.2. The molecule has 9 heteroatoms. The van der Waals surface area contributed by atoms with Crippen LogP contribution in [0.25, 0.3) is 11.0 Å². The Balaban J connectivity index is 1.96. The monoisotopic (exact) mass is 444 g/mol. The van der Waals surface area contributed by atoms with Crippen LogP contribution in [-0.2, 0) is 26.1 Å². The molecule has 0 aliphatic carbocycles. The maximum Gasteiger partial charge on any atom is 0.362 e. The number of quaternary nitrogens is 1. The van der Waals surface area contributed by atoms with Gasteiger partial charge in [-0.1, -0.05) is 18.7 Å². The maximum atomic E-state index is 13.4. The molecule has 3 rings (SSSR count). The molecular weight excluding hydrogens is 416 g/mol. The van der Waals surface area contributed by atoms with Gasteiger partial charge in [-0.3, -0.25) is 4.98 Å². The van der Waals surface area contributed by atoms with Crippen molar-refractivity contribution >= 4 is 27.0 Å². The van der Waals surface area contributed by atoms with Gasteiger partial charge in [0.25, 0.3) is 0 Å². The van der Waals surface area contributed by atoms with Crippen molar-refractivity contribution in [3.8, 4) is 0 Å². The summed E-state index contributed by atoms with van der Waals surface area (Å²) in [5.41, 5.74) is 2.44. The molecule has 2 aromatic heterocycles. The second-order valence-electron chi connectivity index (χ2n) is 7.38. The highest BCUT2D eigenvalue weighted by Gasteiger charge is 2.40.